The topological polar surface area (TPSA) is 120 Å². The van der Waals surface area contributed by atoms with Crippen molar-refractivity contribution in [2.75, 3.05) is 6.61 Å². The zero-order chi connectivity index (χ0) is 20.8. The minimum atomic E-state index is -1.52. The molecule has 0 aromatic heterocycles. The van der Waals surface area contributed by atoms with Crippen LogP contribution in [0.25, 0.3) is 0 Å². The Balaban J connectivity index is 2.42. The van der Waals surface area contributed by atoms with E-state index in [1.165, 1.54) is 0 Å². The van der Waals surface area contributed by atoms with E-state index < -0.39 is 37.3 Å². The maximum atomic E-state index is 10.3. The summed E-state index contributed by atoms with van der Waals surface area (Å²) in [6.45, 7) is 5.23. The van der Waals surface area contributed by atoms with Gasteiger partial charge in [0.15, 0.2) is 0 Å². The highest BCUT2D eigenvalue weighted by Crippen LogP contribution is 2.33. The van der Waals surface area contributed by atoms with Crippen LogP contribution in [-0.4, -0.2) is 62.8 Å². The Labute approximate surface area is 165 Å². The fourth-order valence-corrected chi connectivity index (χ4v) is 3.30. The number of allylic oxidation sites excluding steroid dienone is 2. The Kier molecular flexibility index (Phi) is 8.42. The van der Waals surface area contributed by atoms with Crippen molar-refractivity contribution in [1.29, 1.82) is 0 Å². The molecule has 0 unspecified atom stereocenters. The highest BCUT2D eigenvalue weighted by atomic mass is 16.7. The summed E-state index contributed by atoms with van der Waals surface area (Å²) >= 11 is 0. The van der Waals surface area contributed by atoms with Crippen LogP contribution in [0.4, 0.5) is 0 Å². The van der Waals surface area contributed by atoms with Crippen molar-refractivity contribution in [1.82, 2.24) is 0 Å². The first-order valence-electron chi connectivity index (χ1n) is 9.69. The maximum absolute atomic E-state index is 10.3. The molecule has 0 aliphatic carbocycles. The molecule has 2 rings (SSSR count). The van der Waals surface area contributed by atoms with Gasteiger partial charge in [0.05, 0.1) is 13.2 Å². The largest absolute Gasteiger partial charge is 0.461 e. The van der Waals surface area contributed by atoms with E-state index in [9.17, 15) is 25.5 Å². The number of benzene rings is 1. The second kappa shape index (κ2) is 10.3. The van der Waals surface area contributed by atoms with Gasteiger partial charge in [-0.05, 0) is 37.8 Å². The minimum Gasteiger partial charge on any atom is -0.461 e. The van der Waals surface area contributed by atoms with Gasteiger partial charge in [-0.15, -0.1) is 0 Å². The van der Waals surface area contributed by atoms with E-state index in [4.69, 9.17) is 9.47 Å². The lowest BCUT2D eigenvalue weighted by Gasteiger charge is -2.40. The normalized spacial score (nSPS) is 27.5. The highest BCUT2D eigenvalue weighted by molar-refractivity contribution is 5.47. The number of hydrogen-bond acceptors (Lipinski definition) is 7. The van der Waals surface area contributed by atoms with E-state index in [2.05, 4.69) is 0 Å². The Morgan fingerprint density at radius 2 is 1.75 bits per heavy atom. The Morgan fingerprint density at radius 1 is 1.07 bits per heavy atom. The van der Waals surface area contributed by atoms with Gasteiger partial charge in [0.2, 0.25) is 6.29 Å². The number of aliphatic hydroxyl groups excluding tert-OH is 5. The van der Waals surface area contributed by atoms with Crippen LogP contribution in [0.2, 0.25) is 0 Å². The summed E-state index contributed by atoms with van der Waals surface area (Å²) in [5, 5.41) is 49.7. The van der Waals surface area contributed by atoms with Gasteiger partial charge < -0.3 is 35.0 Å². The van der Waals surface area contributed by atoms with Gasteiger partial charge in [0, 0.05) is 5.56 Å². The van der Waals surface area contributed by atoms with Crippen molar-refractivity contribution in [2.24, 2.45) is 0 Å². The Bertz CT molecular complexity index is 667. The molecule has 1 aromatic carbocycles. The van der Waals surface area contributed by atoms with E-state index in [1.807, 2.05) is 39.0 Å². The van der Waals surface area contributed by atoms with E-state index >= 15 is 0 Å². The summed E-state index contributed by atoms with van der Waals surface area (Å²) in [4.78, 5) is 0. The first-order valence-corrected chi connectivity index (χ1v) is 9.69. The van der Waals surface area contributed by atoms with Crippen molar-refractivity contribution in [3.05, 3.63) is 40.5 Å². The molecule has 1 aliphatic heterocycles. The zero-order valence-electron chi connectivity index (χ0n) is 16.7. The van der Waals surface area contributed by atoms with Crippen LogP contribution in [0.15, 0.2) is 23.8 Å². The monoisotopic (exact) mass is 396 g/mol. The van der Waals surface area contributed by atoms with Gasteiger partial charge in [-0.1, -0.05) is 37.1 Å². The Hall–Kier alpha value is -1.48. The third kappa shape index (κ3) is 5.11. The average Bonchev–Trinajstić information content (AvgIpc) is 2.67. The van der Waals surface area contributed by atoms with Crippen molar-refractivity contribution >= 4 is 0 Å². The molecule has 1 saturated heterocycles. The van der Waals surface area contributed by atoms with Crippen LogP contribution in [0.1, 0.15) is 43.9 Å². The molecule has 5 atom stereocenters. The molecule has 1 aromatic rings. The van der Waals surface area contributed by atoms with Gasteiger partial charge >= 0.3 is 0 Å². The summed E-state index contributed by atoms with van der Waals surface area (Å²) in [7, 11) is 0. The molecule has 28 heavy (non-hydrogen) atoms. The summed E-state index contributed by atoms with van der Waals surface area (Å²) in [6, 6.07) is 3.88. The summed E-state index contributed by atoms with van der Waals surface area (Å²) in [5.41, 5.74) is 3.48. The van der Waals surface area contributed by atoms with E-state index in [1.54, 1.807) is 0 Å². The molecule has 1 fully saturated rings. The average molecular weight is 396 g/mol. The number of ether oxygens (including phenoxy) is 2. The molecule has 0 bridgehead atoms. The third-order valence-corrected chi connectivity index (χ3v) is 4.93. The fraction of sp³-hybridized carbons (Fsp3) is 0.619. The number of aliphatic hydroxyl groups is 5. The van der Waals surface area contributed by atoms with E-state index in [-0.39, 0.29) is 6.61 Å². The van der Waals surface area contributed by atoms with Crippen molar-refractivity contribution < 1.29 is 35.0 Å². The summed E-state index contributed by atoms with van der Waals surface area (Å²) in [6.07, 6.45) is -2.59. The van der Waals surface area contributed by atoms with Crippen molar-refractivity contribution in [2.45, 2.75) is 77.3 Å². The van der Waals surface area contributed by atoms with Gasteiger partial charge in [0.25, 0.3) is 0 Å². The lowest BCUT2D eigenvalue weighted by Crippen LogP contribution is -2.60. The molecule has 0 saturated carbocycles. The van der Waals surface area contributed by atoms with Crippen molar-refractivity contribution in [3.8, 4) is 5.75 Å². The molecule has 158 valence electrons. The predicted octanol–water partition coefficient (Wildman–Crippen LogP) is 0.819. The van der Waals surface area contributed by atoms with E-state index in [0.29, 0.717) is 17.7 Å². The first-order chi connectivity index (χ1) is 13.3. The van der Waals surface area contributed by atoms with Crippen LogP contribution < -0.4 is 4.74 Å². The van der Waals surface area contributed by atoms with Gasteiger partial charge in [-0.2, -0.15) is 0 Å². The van der Waals surface area contributed by atoms with Gasteiger partial charge in [-0.25, -0.2) is 0 Å². The standard InChI is InChI=1S/C21H32O7/c1-4-5-13-8-9-14(7-6-12(2)3)20(15(13)10-22)28-21-19(26)18(25)17(24)16(11-23)27-21/h6,8-9,16-19,21-26H,4-5,7,10-11H2,1-3H3/t16-,17-,18+,19-,21+/m1/s1. The third-order valence-electron chi connectivity index (χ3n) is 4.93. The van der Waals surface area contributed by atoms with Crippen LogP contribution in [-0.2, 0) is 24.2 Å². The maximum Gasteiger partial charge on any atom is 0.229 e. The Morgan fingerprint density at radius 3 is 2.32 bits per heavy atom. The molecule has 0 spiro atoms. The smallest absolute Gasteiger partial charge is 0.229 e. The molecule has 0 radical (unpaired) electrons. The molecule has 1 heterocycles. The van der Waals surface area contributed by atoms with E-state index in [0.717, 1.165) is 29.5 Å². The summed E-state index contributed by atoms with van der Waals surface area (Å²) in [5.74, 6) is 0.398. The molecule has 1 aliphatic rings. The second-order valence-electron chi connectivity index (χ2n) is 7.40. The molecular weight excluding hydrogens is 364 g/mol. The van der Waals surface area contributed by atoms with Gasteiger partial charge in [0.1, 0.15) is 30.2 Å². The lowest BCUT2D eigenvalue weighted by atomic mass is 9.96. The second-order valence-corrected chi connectivity index (χ2v) is 7.40. The molecule has 7 nitrogen and oxygen atoms in total. The molecule has 5 N–H and O–H groups in total. The zero-order valence-corrected chi connectivity index (χ0v) is 16.7. The molecule has 0 amide bonds. The SMILES string of the molecule is CCCc1ccc(CC=C(C)C)c(O[C@@H]2O[C@H](CO)[C@@H](O)[C@H](O)[C@H]2O)c1CO. The number of hydrogen-bond donors (Lipinski definition) is 5. The van der Waals surface area contributed by atoms with Gasteiger partial charge in [-0.3, -0.25) is 0 Å². The van der Waals surface area contributed by atoms with Crippen LogP contribution in [0.3, 0.4) is 0 Å². The fourth-order valence-electron chi connectivity index (χ4n) is 3.30. The quantitative estimate of drug-likeness (QED) is 0.413. The molecular formula is C21H32O7. The highest BCUT2D eigenvalue weighted by Gasteiger charge is 2.45. The van der Waals surface area contributed by atoms with Crippen molar-refractivity contribution in [3.63, 3.8) is 0 Å². The molecule has 7 heteroatoms. The predicted molar refractivity (Wildman–Crippen MR) is 104 cm³/mol. The number of aryl methyl sites for hydroxylation is 1. The van der Waals surface area contributed by atoms with Crippen LogP contribution in [0, 0.1) is 0 Å². The lowest BCUT2D eigenvalue weighted by molar-refractivity contribution is -0.277. The van der Waals surface area contributed by atoms with Crippen LogP contribution in [0.5, 0.6) is 5.75 Å². The minimum absolute atomic E-state index is 0.245. The summed E-state index contributed by atoms with van der Waals surface area (Å²) < 4.78 is 11.4. The van der Waals surface area contributed by atoms with Crippen LogP contribution >= 0.6 is 0 Å². The number of rotatable bonds is 8. The first kappa shape index (κ1) is 22.8.